The van der Waals surface area contributed by atoms with E-state index in [1.54, 1.807) is 24.5 Å². The molecule has 0 aliphatic rings. The largest absolute Gasteiger partial charge is 0.345 e. The molecule has 5 heteroatoms. The van der Waals surface area contributed by atoms with Gasteiger partial charge in [-0.15, -0.1) is 0 Å². The van der Waals surface area contributed by atoms with Gasteiger partial charge in [0.05, 0.1) is 0 Å². The average molecular weight is 299 g/mol. The predicted molar refractivity (Wildman–Crippen MR) is 85.6 cm³/mol. The summed E-state index contributed by atoms with van der Waals surface area (Å²) in [5.74, 6) is 0. The molecule has 1 aromatic carbocycles. The Bertz CT molecular complexity index is 816. The number of hydrogen-bond donors (Lipinski definition) is 1. The number of anilines is 1. The van der Waals surface area contributed by atoms with Crippen LogP contribution in [0.15, 0.2) is 60.1 Å². The maximum atomic E-state index is 9.14. The summed E-state index contributed by atoms with van der Waals surface area (Å²) < 4.78 is 0. The minimum atomic E-state index is -0.226. The highest BCUT2D eigenvalue weighted by atomic mass is 14.9. The third-order valence-electron chi connectivity index (χ3n) is 3.29. The Hall–Kier alpha value is -3.62. The average Bonchev–Trinajstić information content (AvgIpc) is 2.61. The van der Waals surface area contributed by atoms with Crippen molar-refractivity contribution in [1.29, 1.82) is 15.8 Å². The quantitative estimate of drug-likeness (QED) is 0.856. The molecule has 2 aromatic rings. The van der Waals surface area contributed by atoms with Crippen molar-refractivity contribution in [2.24, 2.45) is 0 Å². The van der Waals surface area contributed by atoms with Gasteiger partial charge in [-0.1, -0.05) is 18.2 Å². The lowest BCUT2D eigenvalue weighted by atomic mass is 10.0. The van der Waals surface area contributed by atoms with Crippen LogP contribution in [0, 0.1) is 34.0 Å². The molecule has 1 aromatic heterocycles. The van der Waals surface area contributed by atoms with Crippen LogP contribution in [0.2, 0.25) is 0 Å². The van der Waals surface area contributed by atoms with Gasteiger partial charge in [-0.3, -0.25) is 4.98 Å². The van der Waals surface area contributed by atoms with Crippen LogP contribution in [0.3, 0.4) is 0 Å². The van der Waals surface area contributed by atoms with E-state index in [4.69, 9.17) is 15.8 Å². The van der Waals surface area contributed by atoms with E-state index >= 15 is 0 Å². The Labute approximate surface area is 134 Å². The van der Waals surface area contributed by atoms with E-state index < -0.39 is 0 Å². The van der Waals surface area contributed by atoms with Crippen molar-refractivity contribution in [1.82, 2.24) is 4.98 Å². The number of benzene rings is 1. The Kier molecular flexibility index (Phi) is 5.47. The molecule has 0 spiro atoms. The predicted octanol–water partition coefficient (Wildman–Crippen LogP) is 3.10. The van der Waals surface area contributed by atoms with Crippen LogP contribution < -0.4 is 5.32 Å². The number of nitrogens with one attached hydrogen (secondary N) is 1. The van der Waals surface area contributed by atoms with Gasteiger partial charge in [-0.2, -0.15) is 15.8 Å². The minimum absolute atomic E-state index is 0.0358. The topological polar surface area (TPSA) is 96.3 Å². The molecule has 0 aliphatic carbocycles. The Morgan fingerprint density at radius 2 is 1.61 bits per heavy atom. The van der Waals surface area contributed by atoms with Gasteiger partial charge < -0.3 is 5.32 Å². The molecular formula is C18H13N5. The van der Waals surface area contributed by atoms with E-state index in [0.29, 0.717) is 0 Å². The van der Waals surface area contributed by atoms with Crippen molar-refractivity contribution in [2.45, 2.75) is 12.8 Å². The first-order valence-corrected chi connectivity index (χ1v) is 6.97. The van der Waals surface area contributed by atoms with Gasteiger partial charge in [-0.25, -0.2) is 0 Å². The third kappa shape index (κ3) is 4.17. The zero-order valence-corrected chi connectivity index (χ0v) is 12.3. The Balaban J connectivity index is 2.22. The summed E-state index contributed by atoms with van der Waals surface area (Å²) in [6.45, 7) is 0. The number of pyridine rings is 1. The highest BCUT2D eigenvalue weighted by Crippen LogP contribution is 2.20. The van der Waals surface area contributed by atoms with Gasteiger partial charge >= 0.3 is 0 Å². The minimum Gasteiger partial charge on any atom is -0.345 e. The molecule has 0 aliphatic heterocycles. The molecule has 0 radical (unpaired) electrons. The van der Waals surface area contributed by atoms with Crippen LogP contribution in [0.1, 0.15) is 11.1 Å². The summed E-state index contributed by atoms with van der Waals surface area (Å²) in [6, 6.07) is 16.8. The lowest BCUT2D eigenvalue weighted by Gasteiger charge is -2.11. The number of nitrogens with zero attached hydrogens (tertiary/aromatic N) is 4. The molecule has 2 rings (SSSR count). The molecule has 5 nitrogen and oxygen atoms in total. The SMILES string of the molecule is N#CC(C#N)=C(C#N)Nc1ccccc1CCc1ccncc1. The Morgan fingerprint density at radius 1 is 0.913 bits per heavy atom. The second kappa shape index (κ2) is 7.98. The fraction of sp³-hybridized carbons (Fsp3) is 0.111. The maximum Gasteiger partial charge on any atom is 0.163 e. The lowest BCUT2D eigenvalue weighted by molar-refractivity contribution is 0.956. The van der Waals surface area contributed by atoms with E-state index in [-0.39, 0.29) is 11.3 Å². The Morgan fingerprint density at radius 3 is 2.26 bits per heavy atom. The summed E-state index contributed by atoms with van der Waals surface area (Å²) in [6.07, 6.45) is 5.10. The van der Waals surface area contributed by atoms with Crippen molar-refractivity contribution < 1.29 is 0 Å². The summed E-state index contributed by atoms with van der Waals surface area (Å²) >= 11 is 0. The fourth-order valence-electron chi connectivity index (χ4n) is 2.11. The highest BCUT2D eigenvalue weighted by Gasteiger charge is 2.09. The fourth-order valence-corrected chi connectivity index (χ4v) is 2.11. The molecule has 0 fully saturated rings. The van der Waals surface area contributed by atoms with Gasteiger partial charge in [0.15, 0.2) is 5.57 Å². The summed E-state index contributed by atoms with van der Waals surface area (Å²) in [5.41, 5.74) is 2.64. The standard InChI is InChI=1S/C18H13N5/c19-11-16(12-20)18(13-21)23-17-4-2-1-3-15(17)6-5-14-7-9-22-10-8-14/h1-4,7-10,23H,5-6H2. The normalized spacial score (nSPS) is 9.09. The van der Waals surface area contributed by atoms with E-state index in [1.165, 1.54) is 5.56 Å². The van der Waals surface area contributed by atoms with Gasteiger partial charge in [0.25, 0.3) is 0 Å². The van der Waals surface area contributed by atoms with Crippen LogP contribution in [0.25, 0.3) is 0 Å². The number of aromatic nitrogens is 1. The molecule has 110 valence electrons. The molecule has 0 amide bonds. The monoisotopic (exact) mass is 299 g/mol. The van der Waals surface area contributed by atoms with E-state index in [1.807, 2.05) is 42.5 Å². The molecule has 0 atom stereocenters. The highest BCUT2D eigenvalue weighted by molar-refractivity contribution is 5.61. The van der Waals surface area contributed by atoms with Crippen molar-refractivity contribution in [3.63, 3.8) is 0 Å². The zero-order chi connectivity index (χ0) is 16.5. The first-order valence-electron chi connectivity index (χ1n) is 6.97. The molecule has 0 saturated carbocycles. The first-order chi connectivity index (χ1) is 11.3. The number of para-hydroxylation sites is 1. The number of nitriles is 3. The molecule has 0 saturated heterocycles. The van der Waals surface area contributed by atoms with Crippen molar-refractivity contribution in [2.75, 3.05) is 5.32 Å². The smallest absolute Gasteiger partial charge is 0.163 e. The van der Waals surface area contributed by atoms with Gasteiger partial charge in [0, 0.05) is 18.1 Å². The van der Waals surface area contributed by atoms with E-state index in [2.05, 4.69) is 10.3 Å². The van der Waals surface area contributed by atoms with Gasteiger partial charge in [-0.05, 0) is 42.2 Å². The third-order valence-corrected chi connectivity index (χ3v) is 3.29. The van der Waals surface area contributed by atoms with Crippen LogP contribution in [0.4, 0.5) is 5.69 Å². The number of allylic oxidation sites excluding steroid dienone is 2. The summed E-state index contributed by atoms with van der Waals surface area (Å²) in [4.78, 5) is 3.99. The second-order valence-corrected chi connectivity index (χ2v) is 4.72. The molecule has 23 heavy (non-hydrogen) atoms. The van der Waals surface area contributed by atoms with Crippen molar-refractivity contribution in [3.8, 4) is 18.2 Å². The maximum absolute atomic E-state index is 9.14. The van der Waals surface area contributed by atoms with E-state index in [9.17, 15) is 0 Å². The van der Waals surface area contributed by atoms with Gasteiger partial charge in [0.1, 0.15) is 23.9 Å². The van der Waals surface area contributed by atoms with E-state index in [0.717, 1.165) is 24.1 Å². The van der Waals surface area contributed by atoms with Crippen LogP contribution >= 0.6 is 0 Å². The van der Waals surface area contributed by atoms with Crippen LogP contribution in [-0.2, 0) is 12.8 Å². The number of hydrogen-bond acceptors (Lipinski definition) is 5. The summed E-state index contributed by atoms with van der Waals surface area (Å²) in [5, 5.41) is 29.8. The zero-order valence-electron chi connectivity index (χ0n) is 12.3. The second-order valence-electron chi connectivity index (χ2n) is 4.72. The van der Waals surface area contributed by atoms with Gasteiger partial charge in [0.2, 0.25) is 0 Å². The van der Waals surface area contributed by atoms with Crippen LogP contribution in [0.5, 0.6) is 0 Å². The number of aryl methyl sites for hydroxylation is 2. The lowest BCUT2D eigenvalue weighted by Crippen LogP contribution is -2.04. The molecule has 0 unspecified atom stereocenters. The number of rotatable bonds is 5. The van der Waals surface area contributed by atoms with Crippen molar-refractivity contribution in [3.05, 3.63) is 71.2 Å². The molecular weight excluding hydrogens is 286 g/mol. The summed E-state index contributed by atoms with van der Waals surface area (Å²) in [7, 11) is 0. The molecule has 1 heterocycles. The first kappa shape index (κ1) is 15.8. The van der Waals surface area contributed by atoms with Crippen molar-refractivity contribution >= 4 is 5.69 Å². The molecule has 0 bridgehead atoms. The molecule has 1 N–H and O–H groups in total. The van der Waals surface area contributed by atoms with Crippen LogP contribution in [-0.4, -0.2) is 4.98 Å².